The molecule has 0 radical (unpaired) electrons. The zero-order valence-electron chi connectivity index (χ0n) is 17.2. The van der Waals surface area contributed by atoms with Crippen molar-refractivity contribution in [2.45, 2.75) is 64.2 Å². The quantitative estimate of drug-likeness (QED) is 0.457. The van der Waals surface area contributed by atoms with Gasteiger partial charge in [-0.1, -0.05) is 25.1 Å². The van der Waals surface area contributed by atoms with Crippen molar-refractivity contribution in [1.82, 2.24) is 4.90 Å². The van der Waals surface area contributed by atoms with Crippen LogP contribution in [0.25, 0.3) is 5.57 Å². The predicted octanol–water partition coefficient (Wildman–Crippen LogP) is 5.42. The Morgan fingerprint density at radius 2 is 2.00 bits per heavy atom. The van der Waals surface area contributed by atoms with Crippen LogP contribution in [0, 0.1) is 5.82 Å². The molecule has 1 heterocycles. The van der Waals surface area contributed by atoms with Gasteiger partial charge in [0.05, 0.1) is 0 Å². The number of nitrogens with zero attached hydrogens (tertiary/aromatic N) is 2. The second kappa shape index (κ2) is 10.0. The van der Waals surface area contributed by atoms with E-state index in [1.165, 1.54) is 50.8 Å². The van der Waals surface area contributed by atoms with E-state index in [0.717, 1.165) is 31.4 Å². The van der Waals surface area contributed by atoms with Gasteiger partial charge in [-0.25, -0.2) is 9.38 Å². The molecule has 1 saturated carbocycles. The molecule has 1 aliphatic heterocycles. The molecule has 4 heteroatoms. The second-order valence-electron chi connectivity index (χ2n) is 8.13. The molecule has 3 rings (SSSR count). The van der Waals surface area contributed by atoms with Crippen LogP contribution >= 0.6 is 0 Å². The molecular formula is C24H34FN3. The third-order valence-electron chi connectivity index (χ3n) is 6.19. The molecule has 1 saturated heterocycles. The van der Waals surface area contributed by atoms with Gasteiger partial charge in [0.25, 0.3) is 0 Å². The van der Waals surface area contributed by atoms with E-state index in [4.69, 9.17) is 5.73 Å². The van der Waals surface area contributed by atoms with E-state index < -0.39 is 0 Å². The number of hydrogen-bond acceptors (Lipinski definition) is 3. The summed E-state index contributed by atoms with van der Waals surface area (Å²) in [7, 11) is 0. The fourth-order valence-corrected chi connectivity index (χ4v) is 4.18. The molecule has 2 N–H and O–H groups in total. The minimum Gasteiger partial charge on any atom is -0.384 e. The molecule has 0 amide bonds. The molecule has 2 aliphatic rings. The van der Waals surface area contributed by atoms with Crippen molar-refractivity contribution in [2.75, 3.05) is 19.6 Å². The fourth-order valence-electron chi connectivity index (χ4n) is 4.18. The number of halogens is 1. The van der Waals surface area contributed by atoms with E-state index in [9.17, 15) is 0 Å². The fraction of sp³-hybridized carbons (Fsp3) is 0.542. The van der Waals surface area contributed by atoms with Crippen molar-refractivity contribution in [3.8, 4) is 0 Å². The monoisotopic (exact) mass is 383 g/mol. The van der Waals surface area contributed by atoms with E-state index >= 15 is 4.39 Å². The predicted molar refractivity (Wildman–Crippen MR) is 117 cm³/mol. The lowest BCUT2D eigenvalue weighted by Gasteiger charge is -2.29. The van der Waals surface area contributed by atoms with Gasteiger partial charge in [0.1, 0.15) is 11.6 Å². The number of nitrogens with two attached hydrogens (primary N) is 1. The van der Waals surface area contributed by atoms with Gasteiger partial charge in [-0.2, -0.15) is 0 Å². The summed E-state index contributed by atoms with van der Waals surface area (Å²) < 4.78 is 15.5. The van der Waals surface area contributed by atoms with Crippen molar-refractivity contribution >= 4 is 11.8 Å². The van der Waals surface area contributed by atoms with E-state index in [1.807, 2.05) is 13.0 Å². The molecule has 3 nitrogen and oxygen atoms in total. The lowest BCUT2D eigenvalue weighted by atomic mass is 9.76. The maximum Gasteiger partial charge on any atom is 0.134 e. The highest BCUT2D eigenvalue weighted by molar-refractivity contribution is 6.09. The van der Waals surface area contributed by atoms with Crippen LogP contribution < -0.4 is 5.73 Å². The summed E-state index contributed by atoms with van der Waals surface area (Å²) in [6.07, 6.45) is 12.5. The van der Waals surface area contributed by atoms with E-state index in [1.54, 1.807) is 12.3 Å². The largest absolute Gasteiger partial charge is 0.384 e. The normalized spacial score (nSPS) is 18.7. The highest BCUT2D eigenvalue weighted by atomic mass is 19.1. The Morgan fingerprint density at radius 1 is 1.25 bits per heavy atom. The zero-order valence-corrected chi connectivity index (χ0v) is 17.2. The number of hydrogen-bond donors (Lipinski definition) is 1. The Labute approximate surface area is 169 Å². The van der Waals surface area contributed by atoms with Gasteiger partial charge in [-0.05, 0) is 100 Å². The van der Waals surface area contributed by atoms with Crippen LogP contribution in [0.1, 0.15) is 74.5 Å². The van der Waals surface area contributed by atoms with E-state index in [-0.39, 0.29) is 5.82 Å². The Kier molecular flexibility index (Phi) is 7.43. The van der Waals surface area contributed by atoms with Crippen LogP contribution in [0.3, 0.4) is 0 Å². The van der Waals surface area contributed by atoms with Crippen LogP contribution in [-0.4, -0.2) is 30.7 Å². The standard InChI is InChI=1S/C24H34FN3/c1-3-23(26)27-17-18(2)20-12-13-21(19-9-8-10-19)22(24(20)25)11-4-5-14-28-15-6-7-16-28/h3,12-13,17,19H,2,4-11,14-16,26H2,1H3/b23-3-,27-17-. The number of unbranched alkanes of at least 4 members (excludes halogenated alkanes) is 1. The summed E-state index contributed by atoms with van der Waals surface area (Å²) in [5, 5.41) is 0. The van der Waals surface area contributed by atoms with Crippen molar-refractivity contribution in [1.29, 1.82) is 0 Å². The maximum absolute atomic E-state index is 15.5. The Balaban J connectivity index is 1.72. The van der Waals surface area contributed by atoms with Gasteiger partial charge in [0, 0.05) is 11.8 Å². The number of benzene rings is 1. The average molecular weight is 384 g/mol. The summed E-state index contributed by atoms with van der Waals surface area (Å²) in [6, 6.07) is 3.99. The van der Waals surface area contributed by atoms with Crippen LogP contribution in [0.5, 0.6) is 0 Å². The van der Waals surface area contributed by atoms with Gasteiger partial charge in [-0.15, -0.1) is 0 Å². The van der Waals surface area contributed by atoms with Crippen LogP contribution in [0.4, 0.5) is 4.39 Å². The lowest BCUT2D eigenvalue weighted by Crippen LogP contribution is -2.20. The number of allylic oxidation sites excluding steroid dienone is 2. The molecule has 0 spiro atoms. The molecule has 2 fully saturated rings. The maximum atomic E-state index is 15.5. The zero-order chi connectivity index (χ0) is 19.9. The number of likely N-dealkylation sites (tertiary alicyclic amines) is 1. The SMILES string of the molecule is C=C(/C=N\C(N)=C/C)c1ccc(C2CCC2)c(CCCCN2CCCC2)c1F. The van der Waals surface area contributed by atoms with Crippen molar-refractivity contribution in [2.24, 2.45) is 10.7 Å². The molecule has 0 bridgehead atoms. The molecule has 0 unspecified atom stereocenters. The lowest BCUT2D eigenvalue weighted by molar-refractivity contribution is 0.329. The highest BCUT2D eigenvalue weighted by Crippen LogP contribution is 2.40. The first kappa shape index (κ1) is 20.8. The molecule has 1 aromatic carbocycles. The smallest absolute Gasteiger partial charge is 0.134 e. The van der Waals surface area contributed by atoms with Gasteiger partial charge in [0.2, 0.25) is 0 Å². The molecule has 0 atom stereocenters. The molecule has 1 aromatic rings. The van der Waals surface area contributed by atoms with Gasteiger partial charge in [0.15, 0.2) is 0 Å². The topological polar surface area (TPSA) is 41.6 Å². The van der Waals surface area contributed by atoms with Gasteiger partial charge < -0.3 is 10.6 Å². The van der Waals surface area contributed by atoms with Crippen LogP contribution in [0.15, 0.2) is 35.6 Å². The summed E-state index contributed by atoms with van der Waals surface area (Å²) in [4.78, 5) is 6.67. The van der Waals surface area contributed by atoms with Crippen LogP contribution in [0.2, 0.25) is 0 Å². The van der Waals surface area contributed by atoms with Crippen LogP contribution in [-0.2, 0) is 6.42 Å². The Morgan fingerprint density at radius 3 is 2.64 bits per heavy atom. The first-order valence-electron chi connectivity index (χ1n) is 10.8. The molecule has 152 valence electrons. The number of rotatable bonds is 9. The summed E-state index contributed by atoms with van der Waals surface area (Å²) in [5.74, 6) is 0.827. The first-order valence-corrected chi connectivity index (χ1v) is 10.8. The third-order valence-corrected chi connectivity index (χ3v) is 6.19. The van der Waals surface area contributed by atoms with E-state index in [0.29, 0.717) is 22.9 Å². The average Bonchev–Trinajstić information content (AvgIpc) is 3.17. The molecule has 1 aliphatic carbocycles. The summed E-state index contributed by atoms with van der Waals surface area (Å²) in [6.45, 7) is 9.43. The van der Waals surface area contributed by atoms with Gasteiger partial charge >= 0.3 is 0 Å². The Bertz CT molecular complexity index is 740. The van der Waals surface area contributed by atoms with Gasteiger partial charge in [-0.3, -0.25) is 0 Å². The number of aliphatic imine (C=N–C) groups is 1. The minimum atomic E-state index is -0.110. The summed E-state index contributed by atoms with van der Waals surface area (Å²) >= 11 is 0. The molecule has 28 heavy (non-hydrogen) atoms. The Hall–Kier alpha value is -1.94. The summed E-state index contributed by atoms with van der Waals surface area (Å²) in [5.41, 5.74) is 8.94. The molecule has 0 aromatic heterocycles. The molecular weight excluding hydrogens is 349 g/mol. The van der Waals surface area contributed by atoms with E-state index in [2.05, 4.69) is 22.5 Å². The van der Waals surface area contributed by atoms with Crippen molar-refractivity contribution < 1.29 is 4.39 Å². The van der Waals surface area contributed by atoms with Crippen molar-refractivity contribution in [3.05, 3.63) is 53.1 Å². The third kappa shape index (κ3) is 5.11. The first-order chi connectivity index (χ1) is 13.6. The minimum absolute atomic E-state index is 0.110. The highest BCUT2D eigenvalue weighted by Gasteiger charge is 2.25. The second-order valence-corrected chi connectivity index (χ2v) is 8.13. The van der Waals surface area contributed by atoms with Crippen molar-refractivity contribution in [3.63, 3.8) is 0 Å².